The van der Waals surface area contributed by atoms with E-state index >= 15 is 0 Å². The zero-order chi connectivity index (χ0) is 15.3. The summed E-state index contributed by atoms with van der Waals surface area (Å²) >= 11 is 3.14. The van der Waals surface area contributed by atoms with E-state index in [2.05, 4.69) is 15.9 Å². The van der Waals surface area contributed by atoms with Gasteiger partial charge in [-0.2, -0.15) is 0 Å². The van der Waals surface area contributed by atoms with Crippen molar-refractivity contribution < 1.29 is 18.1 Å². The minimum absolute atomic E-state index is 0.0465. The molecule has 0 aliphatic heterocycles. The minimum Gasteiger partial charge on any atom is -0.486 e. The molecular weight excluding hydrogens is 374 g/mol. The van der Waals surface area contributed by atoms with Gasteiger partial charge in [-0.15, -0.1) is 0 Å². The van der Waals surface area contributed by atoms with Gasteiger partial charge in [-0.05, 0) is 18.6 Å². The van der Waals surface area contributed by atoms with E-state index in [4.69, 9.17) is 15.4 Å². The SMILES string of the molecule is CCC(COc1ccc(Br)cc1[N+](=O)[O-])CS(=O)(=O)Cl. The second kappa shape index (κ2) is 7.24. The lowest BCUT2D eigenvalue weighted by molar-refractivity contribution is -0.386. The highest BCUT2D eigenvalue weighted by Crippen LogP contribution is 2.30. The Morgan fingerprint density at radius 3 is 2.65 bits per heavy atom. The number of nitrogens with zero attached hydrogens (tertiary/aromatic N) is 1. The molecule has 0 amide bonds. The Labute approximate surface area is 129 Å². The number of benzene rings is 1. The fourth-order valence-corrected chi connectivity index (χ4v) is 3.31. The van der Waals surface area contributed by atoms with Crippen LogP contribution in [0.3, 0.4) is 0 Å². The Hall–Kier alpha value is -0.860. The van der Waals surface area contributed by atoms with Gasteiger partial charge in [0.1, 0.15) is 0 Å². The molecule has 0 saturated carbocycles. The van der Waals surface area contributed by atoms with E-state index in [1.165, 1.54) is 12.1 Å². The van der Waals surface area contributed by atoms with Gasteiger partial charge in [0, 0.05) is 27.1 Å². The van der Waals surface area contributed by atoms with Gasteiger partial charge in [0.2, 0.25) is 9.05 Å². The van der Waals surface area contributed by atoms with Crippen LogP contribution < -0.4 is 4.74 Å². The molecule has 0 aliphatic carbocycles. The Morgan fingerprint density at radius 2 is 2.15 bits per heavy atom. The van der Waals surface area contributed by atoms with Crippen LogP contribution in [0, 0.1) is 16.0 Å². The van der Waals surface area contributed by atoms with E-state index in [0.29, 0.717) is 10.9 Å². The Balaban J connectivity index is 2.81. The summed E-state index contributed by atoms with van der Waals surface area (Å²) in [6.45, 7) is 1.84. The second-order valence-corrected chi connectivity index (χ2v) is 7.90. The average molecular weight is 387 g/mol. The van der Waals surface area contributed by atoms with Crippen molar-refractivity contribution in [2.45, 2.75) is 13.3 Å². The fraction of sp³-hybridized carbons (Fsp3) is 0.455. The van der Waals surface area contributed by atoms with Crippen molar-refractivity contribution in [3.63, 3.8) is 0 Å². The summed E-state index contributed by atoms with van der Waals surface area (Å²) in [6.07, 6.45) is 0.538. The molecule has 0 radical (unpaired) electrons. The van der Waals surface area contributed by atoms with Crippen molar-refractivity contribution in [2.75, 3.05) is 12.4 Å². The van der Waals surface area contributed by atoms with Crippen LogP contribution >= 0.6 is 26.6 Å². The van der Waals surface area contributed by atoms with Crippen LogP contribution in [0.2, 0.25) is 0 Å². The van der Waals surface area contributed by atoms with Crippen molar-refractivity contribution in [1.29, 1.82) is 0 Å². The van der Waals surface area contributed by atoms with Crippen LogP contribution in [0.25, 0.3) is 0 Å². The predicted molar refractivity (Wildman–Crippen MR) is 79.7 cm³/mol. The topological polar surface area (TPSA) is 86.5 Å². The third-order valence-corrected chi connectivity index (χ3v) is 4.35. The summed E-state index contributed by atoms with van der Waals surface area (Å²) in [5, 5.41) is 10.9. The molecule has 0 aliphatic rings. The maximum atomic E-state index is 11.0. The third-order valence-electron chi connectivity index (χ3n) is 2.60. The molecular formula is C11H13BrClNO5S. The smallest absolute Gasteiger partial charge is 0.312 e. The van der Waals surface area contributed by atoms with E-state index in [9.17, 15) is 18.5 Å². The summed E-state index contributed by atoms with van der Waals surface area (Å²) in [7, 11) is 1.57. The van der Waals surface area contributed by atoms with Crippen LogP contribution in [0.1, 0.15) is 13.3 Å². The third kappa shape index (κ3) is 5.64. The fourth-order valence-electron chi connectivity index (χ4n) is 1.53. The molecule has 0 fully saturated rings. The summed E-state index contributed by atoms with van der Waals surface area (Å²) < 4.78 is 28.0. The van der Waals surface area contributed by atoms with Crippen molar-refractivity contribution in [1.82, 2.24) is 0 Å². The van der Waals surface area contributed by atoms with Gasteiger partial charge in [-0.3, -0.25) is 10.1 Å². The van der Waals surface area contributed by atoms with E-state index in [1.54, 1.807) is 13.0 Å². The largest absolute Gasteiger partial charge is 0.486 e. The average Bonchev–Trinajstić information content (AvgIpc) is 2.33. The van der Waals surface area contributed by atoms with Gasteiger partial charge in [-0.1, -0.05) is 22.9 Å². The lowest BCUT2D eigenvalue weighted by atomic mass is 10.1. The quantitative estimate of drug-likeness (QED) is 0.407. The van der Waals surface area contributed by atoms with Crippen molar-refractivity contribution in [2.24, 2.45) is 5.92 Å². The molecule has 20 heavy (non-hydrogen) atoms. The van der Waals surface area contributed by atoms with Gasteiger partial charge in [0.25, 0.3) is 0 Å². The molecule has 0 N–H and O–H groups in total. The number of halogens is 2. The Bertz CT molecular complexity index is 592. The number of nitro benzene ring substituents is 1. The molecule has 1 aromatic rings. The zero-order valence-electron chi connectivity index (χ0n) is 10.6. The first-order valence-electron chi connectivity index (χ1n) is 5.72. The number of hydrogen-bond acceptors (Lipinski definition) is 5. The van der Waals surface area contributed by atoms with Crippen molar-refractivity contribution in [3.05, 3.63) is 32.8 Å². The van der Waals surface area contributed by atoms with E-state index < -0.39 is 14.0 Å². The first kappa shape index (κ1) is 17.2. The lowest BCUT2D eigenvalue weighted by Gasteiger charge is -2.14. The van der Waals surface area contributed by atoms with E-state index in [1.807, 2.05) is 0 Å². The number of hydrogen-bond donors (Lipinski definition) is 0. The predicted octanol–water partition coefficient (Wildman–Crippen LogP) is 3.33. The lowest BCUT2D eigenvalue weighted by Crippen LogP contribution is -2.19. The molecule has 1 rings (SSSR count). The molecule has 9 heteroatoms. The number of nitro groups is 1. The minimum atomic E-state index is -3.62. The Kier molecular flexibility index (Phi) is 6.22. The first-order chi connectivity index (χ1) is 9.23. The van der Waals surface area contributed by atoms with Gasteiger partial charge in [0.05, 0.1) is 17.3 Å². The highest BCUT2D eigenvalue weighted by molar-refractivity contribution is 9.10. The number of ether oxygens (including phenoxy) is 1. The summed E-state index contributed by atoms with van der Waals surface area (Å²) in [5.74, 6) is -0.445. The molecule has 0 heterocycles. The Morgan fingerprint density at radius 1 is 1.50 bits per heavy atom. The van der Waals surface area contributed by atoms with Gasteiger partial charge >= 0.3 is 5.69 Å². The molecule has 0 saturated heterocycles. The summed E-state index contributed by atoms with van der Waals surface area (Å²) in [6, 6.07) is 4.40. The van der Waals surface area contributed by atoms with Crippen LogP contribution in [-0.2, 0) is 9.05 Å². The molecule has 1 unspecified atom stereocenters. The second-order valence-electron chi connectivity index (χ2n) is 4.16. The first-order valence-corrected chi connectivity index (χ1v) is 8.99. The molecule has 1 atom stereocenters. The monoisotopic (exact) mass is 385 g/mol. The van der Waals surface area contributed by atoms with Gasteiger partial charge < -0.3 is 4.74 Å². The highest BCUT2D eigenvalue weighted by Gasteiger charge is 2.20. The normalized spacial score (nSPS) is 12.9. The van der Waals surface area contributed by atoms with Crippen LogP contribution in [0.15, 0.2) is 22.7 Å². The molecule has 0 aromatic heterocycles. The van der Waals surface area contributed by atoms with E-state index in [-0.39, 0.29) is 29.7 Å². The maximum Gasteiger partial charge on any atom is 0.312 e. The molecule has 0 bridgehead atoms. The maximum absolute atomic E-state index is 11.0. The van der Waals surface area contributed by atoms with Gasteiger partial charge in [-0.25, -0.2) is 8.42 Å². The molecule has 1 aromatic carbocycles. The number of rotatable bonds is 7. The van der Waals surface area contributed by atoms with E-state index in [0.717, 1.165) is 0 Å². The molecule has 0 spiro atoms. The van der Waals surface area contributed by atoms with Crippen LogP contribution in [0.4, 0.5) is 5.69 Å². The van der Waals surface area contributed by atoms with Crippen molar-refractivity contribution in [3.8, 4) is 5.75 Å². The standard InChI is InChI=1S/C11H13BrClNO5S/c1-2-8(7-20(13,17)18)6-19-11-4-3-9(12)5-10(11)14(15)16/h3-5,8H,2,6-7H2,1H3. The van der Waals surface area contributed by atoms with Crippen molar-refractivity contribution >= 4 is 41.4 Å². The molecule has 112 valence electrons. The molecule has 6 nitrogen and oxygen atoms in total. The van der Waals surface area contributed by atoms with Gasteiger partial charge in [0.15, 0.2) is 5.75 Å². The zero-order valence-corrected chi connectivity index (χ0v) is 13.7. The summed E-state index contributed by atoms with van der Waals surface area (Å²) in [4.78, 5) is 10.3. The summed E-state index contributed by atoms with van der Waals surface area (Å²) in [5.41, 5.74) is -0.178. The van der Waals surface area contributed by atoms with Crippen LogP contribution in [-0.4, -0.2) is 25.7 Å². The highest BCUT2D eigenvalue weighted by atomic mass is 79.9. The van der Waals surface area contributed by atoms with Crippen LogP contribution in [0.5, 0.6) is 5.75 Å².